The third-order valence-corrected chi connectivity index (χ3v) is 5.51. The van der Waals surface area contributed by atoms with E-state index in [2.05, 4.69) is 53.3 Å². The van der Waals surface area contributed by atoms with Crippen molar-refractivity contribution in [3.05, 3.63) is 16.1 Å². The summed E-state index contributed by atoms with van der Waals surface area (Å²) in [7, 11) is 1.86. The summed E-state index contributed by atoms with van der Waals surface area (Å²) in [5.41, 5.74) is 1.64. The standard InChI is InChI=1S/C15H26N4S/c1-11-18-12(9-20-11)7-8-17-13(16-6)19-10-14(2,3)15(19,4)5/h9H,7-8,10H2,1-6H3,(H,16,17). The van der Waals surface area contributed by atoms with Crippen LogP contribution in [0, 0.1) is 12.3 Å². The highest BCUT2D eigenvalue weighted by molar-refractivity contribution is 7.09. The minimum Gasteiger partial charge on any atom is -0.356 e. The molecule has 1 aromatic rings. The van der Waals surface area contributed by atoms with Crippen LogP contribution in [0.3, 0.4) is 0 Å². The maximum atomic E-state index is 4.49. The first-order valence-electron chi connectivity index (χ1n) is 7.17. The second kappa shape index (κ2) is 5.35. The predicted octanol–water partition coefficient (Wildman–Crippen LogP) is 2.69. The number of likely N-dealkylation sites (tertiary alicyclic amines) is 1. The van der Waals surface area contributed by atoms with Gasteiger partial charge in [0.25, 0.3) is 0 Å². The van der Waals surface area contributed by atoms with Crippen molar-refractivity contribution < 1.29 is 0 Å². The molecule has 2 heterocycles. The Morgan fingerprint density at radius 2 is 2.15 bits per heavy atom. The van der Waals surface area contributed by atoms with E-state index in [1.165, 1.54) is 5.69 Å². The molecule has 1 aromatic heterocycles. The number of hydrogen-bond acceptors (Lipinski definition) is 3. The molecule has 4 nitrogen and oxygen atoms in total. The number of guanidine groups is 1. The summed E-state index contributed by atoms with van der Waals surface area (Å²) in [6.45, 7) is 13.2. The average Bonchev–Trinajstić information content (AvgIpc) is 2.78. The Hall–Kier alpha value is -1.10. The van der Waals surface area contributed by atoms with Crippen LogP contribution in [0.1, 0.15) is 38.4 Å². The van der Waals surface area contributed by atoms with Gasteiger partial charge in [-0.05, 0) is 20.8 Å². The number of thiazole rings is 1. The van der Waals surface area contributed by atoms with E-state index in [0.29, 0.717) is 5.41 Å². The van der Waals surface area contributed by atoms with Crippen molar-refractivity contribution >= 4 is 17.3 Å². The van der Waals surface area contributed by atoms with Crippen LogP contribution < -0.4 is 5.32 Å². The molecule has 1 fully saturated rings. The number of nitrogens with one attached hydrogen (secondary N) is 1. The molecule has 0 aliphatic carbocycles. The normalized spacial score (nSPS) is 20.7. The average molecular weight is 294 g/mol. The second-order valence-electron chi connectivity index (χ2n) is 6.61. The highest BCUT2D eigenvalue weighted by Crippen LogP contribution is 2.46. The number of hydrogen-bond donors (Lipinski definition) is 1. The van der Waals surface area contributed by atoms with Crippen molar-refractivity contribution in [2.45, 2.75) is 46.6 Å². The van der Waals surface area contributed by atoms with Crippen molar-refractivity contribution in [1.82, 2.24) is 15.2 Å². The van der Waals surface area contributed by atoms with Gasteiger partial charge in [0, 0.05) is 42.9 Å². The van der Waals surface area contributed by atoms with Gasteiger partial charge in [0.1, 0.15) is 0 Å². The molecule has 0 bridgehead atoms. The Bertz CT molecular complexity index is 502. The van der Waals surface area contributed by atoms with Crippen LogP contribution in [0.25, 0.3) is 0 Å². The Morgan fingerprint density at radius 1 is 1.45 bits per heavy atom. The molecule has 1 N–H and O–H groups in total. The smallest absolute Gasteiger partial charge is 0.194 e. The zero-order valence-electron chi connectivity index (χ0n) is 13.4. The molecule has 5 heteroatoms. The summed E-state index contributed by atoms with van der Waals surface area (Å²) in [4.78, 5) is 11.3. The molecule has 0 saturated carbocycles. The summed E-state index contributed by atoms with van der Waals surface area (Å²) >= 11 is 1.71. The van der Waals surface area contributed by atoms with E-state index in [-0.39, 0.29) is 5.54 Å². The van der Waals surface area contributed by atoms with Crippen molar-refractivity contribution in [1.29, 1.82) is 0 Å². The molecule has 1 aliphatic rings. The number of aromatic nitrogens is 1. The molecule has 0 radical (unpaired) electrons. The Balaban J connectivity index is 1.88. The molecule has 2 rings (SSSR count). The Labute approximate surface area is 126 Å². The molecule has 0 atom stereocenters. The first-order chi connectivity index (χ1) is 9.28. The third kappa shape index (κ3) is 2.68. The fourth-order valence-corrected chi connectivity index (χ4v) is 3.17. The van der Waals surface area contributed by atoms with Crippen molar-refractivity contribution in [3.63, 3.8) is 0 Å². The molecular formula is C15H26N4S. The summed E-state index contributed by atoms with van der Waals surface area (Å²) < 4.78 is 0. The number of aryl methyl sites for hydroxylation is 1. The maximum Gasteiger partial charge on any atom is 0.194 e. The highest BCUT2D eigenvalue weighted by Gasteiger charge is 2.53. The highest BCUT2D eigenvalue weighted by atomic mass is 32.1. The van der Waals surface area contributed by atoms with Gasteiger partial charge in [0.15, 0.2) is 5.96 Å². The quantitative estimate of drug-likeness (QED) is 0.688. The second-order valence-corrected chi connectivity index (χ2v) is 7.67. The lowest BCUT2D eigenvalue weighted by Gasteiger charge is -2.62. The Kier molecular flexibility index (Phi) is 4.09. The monoisotopic (exact) mass is 294 g/mol. The van der Waals surface area contributed by atoms with Gasteiger partial charge in [-0.3, -0.25) is 4.99 Å². The van der Waals surface area contributed by atoms with Gasteiger partial charge in [0.2, 0.25) is 0 Å². The van der Waals surface area contributed by atoms with Crippen LogP contribution in [-0.2, 0) is 6.42 Å². The molecule has 1 saturated heterocycles. The molecule has 0 aromatic carbocycles. The first kappa shape index (κ1) is 15.3. The molecule has 0 unspecified atom stereocenters. The lowest BCUT2D eigenvalue weighted by Crippen LogP contribution is -2.72. The van der Waals surface area contributed by atoms with Gasteiger partial charge in [-0.2, -0.15) is 0 Å². The summed E-state index contributed by atoms with van der Waals surface area (Å²) in [5.74, 6) is 1.00. The van der Waals surface area contributed by atoms with Gasteiger partial charge in [-0.15, -0.1) is 11.3 Å². The fourth-order valence-electron chi connectivity index (χ4n) is 2.52. The van der Waals surface area contributed by atoms with Gasteiger partial charge in [-0.25, -0.2) is 4.98 Å². The zero-order chi connectivity index (χ0) is 15.0. The largest absolute Gasteiger partial charge is 0.356 e. The van der Waals surface area contributed by atoms with Crippen LogP contribution in [-0.4, -0.2) is 41.5 Å². The van der Waals surface area contributed by atoms with E-state index in [1.54, 1.807) is 11.3 Å². The topological polar surface area (TPSA) is 40.5 Å². The minimum atomic E-state index is 0.145. The van der Waals surface area contributed by atoms with Crippen LogP contribution in [0.4, 0.5) is 0 Å². The molecule has 1 aliphatic heterocycles. The van der Waals surface area contributed by atoms with Crippen molar-refractivity contribution in [2.24, 2.45) is 10.4 Å². The van der Waals surface area contributed by atoms with E-state index < -0.39 is 0 Å². The number of aliphatic imine (C=N–C) groups is 1. The van der Waals surface area contributed by atoms with Crippen LogP contribution in [0.5, 0.6) is 0 Å². The zero-order valence-corrected chi connectivity index (χ0v) is 14.3. The van der Waals surface area contributed by atoms with Gasteiger partial charge >= 0.3 is 0 Å². The fraction of sp³-hybridized carbons (Fsp3) is 0.733. The third-order valence-electron chi connectivity index (χ3n) is 4.68. The van der Waals surface area contributed by atoms with Gasteiger partial charge in [0.05, 0.1) is 10.7 Å². The first-order valence-corrected chi connectivity index (χ1v) is 8.05. The van der Waals surface area contributed by atoms with Crippen LogP contribution >= 0.6 is 11.3 Å². The van der Waals surface area contributed by atoms with E-state index >= 15 is 0 Å². The van der Waals surface area contributed by atoms with Crippen molar-refractivity contribution in [3.8, 4) is 0 Å². The summed E-state index contributed by atoms with van der Waals surface area (Å²) in [6, 6.07) is 0. The lowest BCUT2D eigenvalue weighted by atomic mass is 9.65. The van der Waals surface area contributed by atoms with E-state index in [0.717, 1.165) is 30.5 Å². The van der Waals surface area contributed by atoms with Crippen LogP contribution in [0.2, 0.25) is 0 Å². The molecule has 0 spiro atoms. The summed E-state index contributed by atoms with van der Waals surface area (Å²) in [6.07, 6.45) is 0.945. The molecular weight excluding hydrogens is 268 g/mol. The maximum absolute atomic E-state index is 4.49. The van der Waals surface area contributed by atoms with Crippen LogP contribution in [0.15, 0.2) is 10.4 Å². The molecule has 112 valence electrons. The van der Waals surface area contributed by atoms with E-state index in [4.69, 9.17) is 0 Å². The minimum absolute atomic E-state index is 0.145. The van der Waals surface area contributed by atoms with E-state index in [9.17, 15) is 0 Å². The van der Waals surface area contributed by atoms with Crippen molar-refractivity contribution in [2.75, 3.05) is 20.1 Å². The number of nitrogens with zero attached hydrogens (tertiary/aromatic N) is 3. The predicted molar refractivity (Wildman–Crippen MR) is 86.5 cm³/mol. The number of rotatable bonds is 3. The SMILES string of the molecule is CN=C(NCCc1csc(C)n1)N1CC(C)(C)C1(C)C. The molecule has 0 amide bonds. The summed E-state index contributed by atoms with van der Waals surface area (Å²) in [5, 5.41) is 6.73. The molecule has 20 heavy (non-hydrogen) atoms. The van der Waals surface area contributed by atoms with Gasteiger partial charge < -0.3 is 10.2 Å². The lowest BCUT2D eigenvalue weighted by molar-refractivity contribution is -0.0666. The van der Waals surface area contributed by atoms with Gasteiger partial charge in [-0.1, -0.05) is 13.8 Å². The Morgan fingerprint density at radius 3 is 2.60 bits per heavy atom. The van der Waals surface area contributed by atoms with E-state index in [1.807, 2.05) is 14.0 Å².